The van der Waals surface area contributed by atoms with Gasteiger partial charge in [-0.2, -0.15) is 0 Å². The molecule has 0 N–H and O–H groups in total. The fraction of sp³-hybridized carbons (Fsp3) is 1.00. The Balaban J connectivity index is 1.42. The summed E-state index contributed by atoms with van der Waals surface area (Å²) in [5, 5.41) is 0. The maximum absolute atomic E-state index is 2.86. The fourth-order valence-electron chi connectivity index (χ4n) is 7.21. The molecular formula is C20H34B. The molecule has 4 bridgehead atoms. The summed E-state index contributed by atoms with van der Waals surface area (Å²) < 4.78 is 0. The molecule has 6 aliphatic carbocycles. The standard InChI is InChI=1S/C20H34B/c1-11-15-7-13(19(15,3)4)9-17(11)21-18-10-14-8-16(12(18)2)20(14,5)6/h11-18H,7-10H2,1-6H3/t11-,12-,13-,14+,15+,16-,17-,18-/m0/s1. The lowest BCUT2D eigenvalue weighted by atomic mass is 9.31. The van der Waals surface area contributed by atoms with E-state index in [9.17, 15) is 0 Å². The lowest BCUT2D eigenvalue weighted by molar-refractivity contribution is -0.106. The average Bonchev–Trinajstić information content (AvgIpc) is 2.41. The largest absolute Gasteiger partial charge is 0.118 e. The number of hydrogen-bond donors (Lipinski definition) is 0. The molecule has 6 fully saturated rings. The molecule has 0 aromatic heterocycles. The maximum Gasteiger partial charge on any atom is 0.118 e. The topological polar surface area (TPSA) is 0 Å². The van der Waals surface area contributed by atoms with Gasteiger partial charge in [0.25, 0.3) is 0 Å². The van der Waals surface area contributed by atoms with Crippen LogP contribution in [0.25, 0.3) is 0 Å². The van der Waals surface area contributed by atoms with Crippen LogP contribution in [0.3, 0.4) is 0 Å². The lowest BCUT2D eigenvalue weighted by Crippen LogP contribution is -2.57. The Bertz CT molecular complexity index is 397. The summed E-state index contributed by atoms with van der Waals surface area (Å²) in [4.78, 5) is 0. The minimum atomic E-state index is 0.645. The van der Waals surface area contributed by atoms with E-state index in [1.165, 1.54) is 25.7 Å². The van der Waals surface area contributed by atoms with Gasteiger partial charge in [0.1, 0.15) is 7.28 Å². The van der Waals surface area contributed by atoms with Gasteiger partial charge in [0.15, 0.2) is 0 Å². The van der Waals surface area contributed by atoms with Crippen molar-refractivity contribution in [3.8, 4) is 0 Å². The first-order chi connectivity index (χ1) is 9.73. The summed E-state index contributed by atoms with van der Waals surface area (Å²) in [5.74, 6) is 7.76. The first-order valence-electron chi connectivity index (χ1n) is 9.58. The Labute approximate surface area is 133 Å². The second-order valence-corrected chi connectivity index (χ2v) is 10.4. The van der Waals surface area contributed by atoms with Crippen molar-refractivity contribution < 1.29 is 0 Å². The van der Waals surface area contributed by atoms with Gasteiger partial charge in [-0.3, -0.25) is 0 Å². The third-order valence-corrected chi connectivity index (χ3v) is 9.32. The van der Waals surface area contributed by atoms with Crippen molar-refractivity contribution in [2.24, 2.45) is 46.3 Å². The van der Waals surface area contributed by atoms with Crippen LogP contribution in [0, 0.1) is 46.3 Å². The van der Waals surface area contributed by atoms with Gasteiger partial charge >= 0.3 is 0 Å². The van der Waals surface area contributed by atoms with Crippen molar-refractivity contribution in [2.45, 2.75) is 78.9 Å². The monoisotopic (exact) mass is 285 g/mol. The van der Waals surface area contributed by atoms with Crippen LogP contribution in [0.15, 0.2) is 0 Å². The first-order valence-corrected chi connectivity index (χ1v) is 9.58. The molecule has 1 radical (unpaired) electrons. The summed E-state index contributed by atoms with van der Waals surface area (Å²) in [6.45, 7) is 15.2. The van der Waals surface area contributed by atoms with E-state index in [0.717, 1.165) is 47.1 Å². The molecule has 21 heavy (non-hydrogen) atoms. The Morgan fingerprint density at radius 2 is 1.05 bits per heavy atom. The molecule has 0 aromatic carbocycles. The minimum Gasteiger partial charge on any atom is -0.0655 e. The highest BCUT2D eigenvalue weighted by Gasteiger charge is 2.59. The number of hydrogen-bond acceptors (Lipinski definition) is 0. The molecule has 6 aliphatic rings. The molecule has 0 aromatic rings. The van der Waals surface area contributed by atoms with Crippen LogP contribution in [0.1, 0.15) is 67.2 Å². The van der Waals surface area contributed by atoms with Gasteiger partial charge in [-0.1, -0.05) is 66.0 Å². The highest BCUT2D eigenvalue weighted by molar-refractivity contribution is 6.40. The molecule has 0 saturated heterocycles. The van der Waals surface area contributed by atoms with E-state index >= 15 is 0 Å². The van der Waals surface area contributed by atoms with Crippen LogP contribution in [-0.4, -0.2) is 7.28 Å². The van der Waals surface area contributed by atoms with Crippen LogP contribution < -0.4 is 0 Å². The molecule has 8 atom stereocenters. The van der Waals surface area contributed by atoms with Gasteiger partial charge in [0, 0.05) is 0 Å². The van der Waals surface area contributed by atoms with Crippen LogP contribution in [-0.2, 0) is 0 Å². The summed E-state index contributed by atoms with van der Waals surface area (Å²) >= 11 is 0. The molecule has 6 saturated carbocycles. The number of fused-ring (bicyclic) bond motifs is 4. The van der Waals surface area contributed by atoms with Gasteiger partial charge in [-0.25, -0.2) is 0 Å². The Morgan fingerprint density at radius 3 is 1.33 bits per heavy atom. The van der Waals surface area contributed by atoms with Gasteiger partial charge < -0.3 is 0 Å². The van der Waals surface area contributed by atoms with Gasteiger partial charge in [0.2, 0.25) is 0 Å². The molecule has 0 nitrogen and oxygen atoms in total. The molecule has 0 unspecified atom stereocenters. The normalized spacial score (nSPS) is 56.1. The smallest absolute Gasteiger partial charge is 0.0655 e. The van der Waals surface area contributed by atoms with Crippen molar-refractivity contribution in [3.63, 3.8) is 0 Å². The van der Waals surface area contributed by atoms with Gasteiger partial charge in [-0.05, 0) is 59.2 Å². The molecule has 6 rings (SSSR count). The summed E-state index contributed by atoms with van der Waals surface area (Å²) in [5.41, 5.74) is 1.29. The first kappa shape index (κ1) is 14.6. The van der Waals surface area contributed by atoms with E-state index in [2.05, 4.69) is 48.8 Å². The molecule has 0 spiro atoms. The third-order valence-electron chi connectivity index (χ3n) is 9.32. The molecule has 0 heterocycles. The zero-order valence-corrected chi connectivity index (χ0v) is 15.0. The van der Waals surface area contributed by atoms with E-state index < -0.39 is 0 Å². The zero-order chi connectivity index (χ0) is 15.2. The van der Waals surface area contributed by atoms with Gasteiger partial charge in [-0.15, -0.1) is 0 Å². The average molecular weight is 285 g/mol. The quantitative estimate of drug-likeness (QED) is 0.573. The minimum absolute atomic E-state index is 0.645. The van der Waals surface area contributed by atoms with E-state index in [1.807, 2.05) is 0 Å². The Morgan fingerprint density at radius 1 is 0.667 bits per heavy atom. The second-order valence-electron chi connectivity index (χ2n) is 10.4. The SMILES string of the molecule is C[C@@H]1[C@@H]([B][C@H]2C[C@@H]3C[C@H]([C@@H]2C)C3(C)C)C[C@H]2C[C@@H]1C2(C)C. The molecular weight excluding hydrogens is 251 g/mol. The van der Waals surface area contributed by atoms with Crippen LogP contribution in [0.5, 0.6) is 0 Å². The zero-order valence-electron chi connectivity index (χ0n) is 15.0. The second kappa shape index (κ2) is 4.32. The molecule has 1 heteroatoms. The Hall–Kier alpha value is 0.0649. The lowest BCUT2D eigenvalue weighted by Gasteiger charge is -2.65. The van der Waals surface area contributed by atoms with Crippen molar-refractivity contribution in [1.29, 1.82) is 0 Å². The maximum atomic E-state index is 2.86. The highest BCUT2D eigenvalue weighted by Crippen LogP contribution is 2.68. The van der Waals surface area contributed by atoms with Crippen molar-refractivity contribution >= 4 is 7.28 Å². The van der Waals surface area contributed by atoms with Gasteiger partial charge in [0.05, 0.1) is 0 Å². The van der Waals surface area contributed by atoms with Crippen molar-refractivity contribution in [3.05, 3.63) is 0 Å². The molecule has 117 valence electrons. The predicted octanol–water partition coefficient (Wildman–Crippen LogP) is 5.67. The highest BCUT2D eigenvalue weighted by atomic mass is 14.6. The summed E-state index contributed by atoms with van der Waals surface area (Å²) in [7, 11) is 2.86. The van der Waals surface area contributed by atoms with Crippen molar-refractivity contribution in [2.75, 3.05) is 0 Å². The molecule has 0 amide bonds. The predicted molar refractivity (Wildman–Crippen MR) is 91.6 cm³/mol. The van der Waals surface area contributed by atoms with Crippen LogP contribution in [0.4, 0.5) is 0 Å². The summed E-state index contributed by atoms with van der Waals surface area (Å²) in [6, 6.07) is 0. The van der Waals surface area contributed by atoms with Crippen LogP contribution >= 0.6 is 0 Å². The van der Waals surface area contributed by atoms with E-state index in [4.69, 9.17) is 0 Å². The molecule has 0 aliphatic heterocycles. The van der Waals surface area contributed by atoms with E-state index in [0.29, 0.717) is 10.8 Å². The Kier molecular flexibility index (Phi) is 3.02. The third kappa shape index (κ3) is 1.81. The van der Waals surface area contributed by atoms with E-state index in [1.54, 1.807) is 0 Å². The van der Waals surface area contributed by atoms with Crippen LogP contribution in [0.2, 0.25) is 11.6 Å². The van der Waals surface area contributed by atoms with Crippen molar-refractivity contribution in [1.82, 2.24) is 0 Å². The number of rotatable bonds is 2. The fourth-order valence-corrected chi connectivity index (χ4v) is 7.21. The van der Waals surface area contributed by atoms with E-state index in [-0.39, 0.29) is 0 Å². The summed E-state index contributed by atoms with van der Waals surface area (Å²) in [6.07, 6.45) is 6.03.